The number of aldehydes is 1. The Hall–Kier alpha value is -1.88. The summed E-state index contributed by atoms with van der Waals surface area (Å²) in [7, 11) is 0. The smallest absolute Gasteiger partial charge is 0.168 e. The lowest BCUT2D eigenvalue weighted by Gasteiger charge is -2.08. The van der Waals surface area contributed by atoms with Crippen LogP contribution in [0.15, 0.2) is 18.3 Å². The number of aryl methyl sites for hydroxylation is 2. The zero-order valence-corrected chi connectivity index (χ0v) is 12.2. The first-order valence-corrected chi connectivity index (χ1v) is 6.85. The molecule has 0 amide bonds. The summed E-state index contributed by atoms with van der Waals surface area (Å²) in [6.07, 6.45) is 3.00. The molecule has 0 saturated carbocycles. The number of carbonyl (C=O) groups is 1. The molecule has 0 aliphatic rings. The lowest BCUT2D eigenvalue weighted by molar-refractivity contribution is 0.111. The highest BCUT2D eigenvalue weighted by molar-refractivity contribution is 6.31. The molecule has 2 aromatic rings. The summed E-state index contributed by atoms with van der Waals surface area (Å²) >= 11 is 6.30. The molecule has 0 aliphatic heterocycles. The molecule has 106 valence electrons. The Morgan fingerprint density at radius 1 is 1.40 bits per heavy atom. The summed E-state index contributed by atoms with van der Waals surface area (Å²) in [6, 6.07) is 3.32. The van der Waals surface area contributed by atoms with Crippen molar-refractivity contribution in [2.75, 3.05) is 0 Å². The first-order chi connectivity index (χ1) is 9.69. The molecule has 2 heterocycles. The van der Waals surface area contributed by atoms with E-state index in [0.29, 0.717) is 29.4 Å². The number of pyridine rings is 1. The molecule has 0 bridgehead atoms. The van der Waals surface area contributed by atoms with E-state index >= 15 is 0 Å². The zero-order chi connectivity index (χ0) is 14.5. The Balaban J connectivity index is 2.13. The van der Waals surface area contributed by atoms with Crippen LogP contribution in [0.3, 0.4) is 0 Å². The van der Waals surface area contributed by atoms with E-state index in [1.807, 2.05) is 18.5 Å². The molecule has 0 unspecified atom stereocenters. The predicted molar refractivity (Wildman–Crippen MR) is 76.2 cm³/mol. The Morgan fingerprint density at radius 3 is 2.75 bits per heavy atom. The molecule has 0 aliphatic carbocycles. The largest absolute Gasteiger partial charge is 0.486 e. The molecule has 2 rings (SSSR count). The second kappa shape index (κ2) is 6.52. The maximum Gasteiger partial charge on any atom is 0.168 e. The summed E-state index contributed by atoms with van der Waals surface area (Å²) in [5, 5.41) is 5.09. The van der Waals surface area contributed by atoms with Gasteiger partial charge in [0, 0.05) is 6.54 Å². The van der Waals surface area contributed by atoms with Crippen LogP contribution >= 0.6 is 11.6 Å². The average molecular weight is 294 g/mol. The van der Waals surface area contributed by atoms with Gasteiger partial charge in [-0.25, -0.2) is 4.98 Å². The topological polar surface area (TPSA) is 57.0 Å². The minimum absolute atomic E-state index is 0.321. The predicted octanol–water partition coefficient (Wildman–Crippen LogP) is 2.91. The normalized spacial score (nSPS) is 10.6. The van der Waals surface area contributed by atoms with E-state index in [1.54, 1.807) is 12.1 Å². The van der Waals surface area contributed by atoms with E-state index in [0.717, 1.165) is 24.4 Å². The Labute approximate surface area is 122 Å². The van der Waals surface area contributed by atoms with E-state index in [9.17, 15) is 4.79 Å². The maximum absolute atomic E-state index is 10.5. The van der Waals surface area contributed by atoms with Crippen LogP contribution in [-0.4, -0.2) is 21.1 Å². The monoisotopic (exact) mass is 293 g/mol. The maximum atomic E-state index is 10.5. The summed E-state index contributed by atoms with van der Waals surface area (Å²) in [5.74, 6) is 0.591. The van der Waals surface area contributed by atoms with Crippen molar-refractivity contribution in [3.05, 3.63) is 40.4 Å². The number of hydrogen-bond donors (Lipinski definition) is 0. The minimum atomic E-state index is 0.321. The SMILES string of the molecule is CCc1nn(CC)c(COc2ccc(C=O)nc2)c1Cl. The van der Waals surface area contributed by atoms with Gasteiger partial charge >= 0.3 is 0 Å². The van der Waals surface area contributed by atoms with Crippen LogP contribution in [0.5, 0.6) is 5.75 Å². The third-order valence-corrected chi connectivity index (χ3v) is 3.39. The zero-order valence-electron chi connectivity index (χ0n) is 11.5. The van der Waals surface area contributed by atoms with E-state index in [2.05, 4.69) is 10.1 Å². The van der Waals surface area contributed by atoms with Gasteiger partial charge in [-0.15, -0.1) is 0 Å². The van der Waals surface area contributed by atoms with Gasteiger partial charge in [-0.3, -0.25) is 9.48 Å². The highest BCUT2D eigenvalue weighted by Gasteiger charge is 2.14. The summed E-state index contributed by atoms with van der Waals surface area (Å²) in [6.45, 7) is 5.08. The number of ether oxygens (including phenoxy) is 1. The molecule has 0 saturated heterocycles. The van der Waals surface area contributed by atoms with Gasteiger partial charge in [-0.05, 0) is 25.5 Å². The van der Waals surface area contributed by atoms with E-state index in [4.69, 9.17) is 16.3 Å². The lowest BCUT2D eigenvalue weighted by atomic mass is 10.3. The van der Waals surface area contributed by atoms with Gasteiger partial charge in [0.05, 0.1) is 22.6 Å². The summed E-state index contributed by atoms with van der Waals surface area (Å²) in [4.78, 5) is 14.5. The van der Waals surface area contributed by atoms with Crippen LogP contribution in [0.25, 0.3) is 0 Å². The quantitative estimate of drug-likeness (QED) is 0.769. The molecule has 5 nitrogen and oxygen atoms in total. The van der Waals surface area contributed by atoms with Crippen molar-refractivity contribution in [2.45, 2.75) is 33.4 Å². The third kappa shape index (κ3) is 2.99. The fourth-order valence-corrected chi connectivity index (χ4v) is 2.18. The number of carbonyl (C=O) groups excluding carboxylic acids is 1. The van der Waals surface area contributed by atoms with Crippen molar-refractivity contribution in [2.24, 2.45) is 0 Å². The first-order valence-electron chi connectivity index (χ1n) is 6.47. The van der Waals surface area contributed by atoms with Crippen LogP contribution in [-0.2, 0) is 19.6 Å². The molecule has 0 spiro atoms. The molecule has 0 fully saturated rings. The second-order valence-electron chi connectivity index (χ2n) is 4.20. The van der Waals surface area contributed by atoms with Crippen LogP contribution in [0.4, 0.5) is 0 Å². The van der Waals surface area contributed by atoms with Crippen LogP contribution in [0.2, 0.25) is 5.02 Å². The van der Waals surface area contributed by atoms with Gasteiger partial charge in [-0.2, -0.15) is 5.10 Å². The highest BCUT2D eigenvalue weighted by atomic mass is 35.5. The molecule has 0 atom stereocenters. The van der Waals surface area contributed by atoms with Crippen LogP contribution in [0.1, 0.15) is 35.7 Å². The Morgan fingerprint density at radius 2 is 2.20 bits per heavy atom. The number of nitrogens with zero attached hydrogens (tertiary/aromatic N) is 3. The fraction of sp³-hybridized carbons (Fsp3) is 0.357. The van der Waals surface area contributed by atoms with Crippen LogP contribution in [0, 0.1) is 0 Å². The Bertz CT molecular complexity index is 593. The van der Waals surface area contributed by atoms with Crippen LogP contribution < -0.4 is 4.74 Å². The standard InChI is InChI=1S/C14H16ClN3O2/c1-3-12-14(15)13(18(4-2)17-12)9-20-11-6-5-10(8-19)16-7-11/h5-8H,3-4,9H2,1-2H3. The van der Waals surface area contributed by atoms with Crippen molar-refractivity contribution in [3.63, 3.8) is 0 Å². The molecule has 6 heteroatoms. The van der Waals surface area contributed by atoms with Gasteiger partial charge in [0.1, 0.15) is 18.1 Å². The highest BCUT2D eigenvalue weighted by Crippen LogP contribution is 2.23. The number of aromatic nitrogens is 3. The van der Waals surface area contributed by atoms with Crippen molar-refractivity contribution in [1.29, 1.82) is 0 Å². The van der Waals surface area contributed by atoms with Gasteiger partial charge in [0.15, 0.2) is 6.29 Å². The van der Waals surface area contributed by atoms with Crippen molar-refractivity contribution < 1.29 is 9.53 Å². The first kappa shape index (κ1) is 14.5. The molecule has 20 heavy (non-hydrogen) atoms. The van der Waals surface area contributed by atoms with E-state index in [-0.39, 0.29) is 0 Å². The van der Waals surface area contributed by atoms with Gasteiger partial charge in [-0.1, -0.05) is 18.5 Å². The summed E-state index contributed by atoms with van der Waals surface area (Å²) in [5.41, 5.74) is 2.11. The van der Waals surface area contributed by atoms with Gasteiger partial charge in [0.2, 0.25) is 0 Å². The van der Waals surface area contributed by atoms with Crippen molar-refractivity contribution in [1.82, 2.24) is 14.8 Å². The average Bonchev–Trinajstić information content (AvgIpc) is 2.81. The number of halogens is 1. The molecule has 0 radical (unpaired) electrons. The number of hydrogen-bond acceptors (Lipinski definition) is 4. The molecular formula is C14H16ClN3O2. The van der Waals surface area contributed by atoms with E-state index < -0.39 is 0 Å². The van der Waals surface area contributed by atoms with Gasteiger partial charge in [0.25, 0.3) is 0 Å². The molecule has 0 N–H and O–H groups in total. The van der Waals surface area contributed by atoms with Gasteiger partial charge < -0.3 is 4.74 Å². The molecular weight excluding hydrogens is 278 g/mol. The lowest BCUT2D eigenvalue weighted by Crippen LogP contribution is -2.06. The second-order valence-corrected chi connectivity index (χ2v) is 4.58. The molecule has 2 aromatic heterocycles. The van der Waals surface area contributed by atoms with E-state index in [1.165, 1.54) is 6.20 Å². The summed E-state index contributed by atoms with van der Waals surface area (Å²) < 4.78 is 7.49. The Kier molecular flexibility index (Phi) is 4.74. The third-order valence-electron chi connectivity index (χ3n) is 2.95. The van der Waals surface area contributed by atoms with Crippen molar-refractivity contribution in [3.8, 4) is 5.75 Å². The molecule has 0 aromatic carbocycles. The van der Waals surface area contributed by atoms with Crippen molar-refractivity contribution >= 4 is 17.9 Å². The fourth-order valence-electron chi connectivity index (χ4n) is 1.85. The number of rotatable bonds is 6. The minimum Gasteiger partial charge on any atom is -0.486 e.